The van der Waals surface area contributed by atoms with Crippen molar-refractivity contribution in [3.63, 3.8) is 0 Å². The van der Waals surface area contributed by atoms with Crippen LogP contribution in [0.4, 0.5) is 0 Å². The number of amides is 1. The van der Waals surface area contributed by atoms with Crippen LogP contribution in [0.1, 0.15) is 24.5 Å². The third kappa shape index (κ3) is 5.50. The SMILES string of the molecule is COCC(C)NC(=O)CCc1cccc(C)c1. The molecule has 0 radical (unpaired) electrons. The van der Waals surface area contributed by atoms with Crippen molar-refractivity contribution in [3.05, 3.63) is 35.4 Å². The number of methoxy groups -OCH3 is 1. The summed E-state index contributed by atoms with van der Waals surface area (Å²) in [6, 6.07) is 8.33. The molecular weight excluding hydrogens is 214 g/mol. The van der Waals surface area contributed by atoms with Crippen LogP contribution in [-0.2, 0) is 16.0 Å². The van der Waals surface area contributed by atoms with E-state index in [-0.39, 0.29) is 11.9 Å². The van der Waals surface area contributed by atoms with Crippen molar-refractivity contribution in [3.8, 4) is 0 Å². The van der Waals surface area contributed by atoms with Gasteiger partial charge in [-0.25, -0.2) is 0 Å². The zero-order chi connectivity index (χ0) is 12.7. The summed E-state index contributed by atoms with van der Waals surface area (Å²) in [6.07, 6.45) is 1.31. The first-order valence-electron chi connectivity index (χ1n) is 5.95. The quantitative estimate of drug-likeness (QED) is 0.820. The highest BCUT2D eigenvalue weighted by Crippen LogP contribution is 2.06. The highest BCUT2D eigenvalue weighted by Gasteiger charge is 2.06. The molecule has 0 aliphatic carbocycles. The zero-order valence-electron chi connectivity index (χ0n) is 10.8. The Morgan fingerprint density at radius 3 is 2.88 bits per heavy atom. The number of hydrogen-bond donors (Lipinski definition) is 1. The number of hydrogen-bond acceptors (Lipinski definition) is 2. The molecule has 1 amide bonds. The molecule has 0 saturated heterocycles. The number of ether oxygens (including phenoxy) is 1. The van der Waals surface area contributed by atoms with Crippen LogP contribution in [-0.4, -0.2) is 25.7 Å². The summed E-state index contributed by atoms with van der Waals surface area (Å²) in [6.45, 7) is 4.55. The van der Waals surface area contributed by atoms with E-state index in [2.05, 4.69) is 30.4 Å². The molecular formula is C14H21NO2. The van der Waals surface area contributed by atoms with E-state index in [1.165, 1.54) is 11.1 Å². The predicted octanol–water partition coefficient (Wildman–Crippen LogP) is 2.08. The first-order chi connectivity index (χ1) is 8.11. The molecule has 1 aromatic carbocycles. The van der Waals surface area contributed by atoms with Crippen molar-refractivity contribution in [1.29, 1.82) is 0 Å². The molecule has 0 saturated carbocycles. The maximum Gasteiger partial charge on any atom is 0.220 e. The molecule has 1 aromatic rings. The molecule has 1 atom stereocenters. The fourth-order valence-electron chi connectivity index (χ4n) is 1.76. The maximum atomic E-state index is 11.6. The molecule has 3 heteroatoms. The Bertz CT molecular complexity index is 363. The van der Waals surface area contributed by atoms with Gasteiger partial charge < -0.3 is 10.1 Å². The summed E-state index contributed by atoms with van der Waals surface area (Å²) in [5.74, 6) is 0.0797. The summed E-state index contributed by atoms with van der Waals surface area (Å²) < 4.78 is 4.97. The van der Waals surface area contributed by atoms with E-state index in [4.69, 9.17) is 4.74 Å². The lowest BCUT2D eigenvalue weighted by atomic mass is 10.1. The second-order valence-electron chi connectivity index (χ2n) is 4.41. The molecule has 1 unspecified atom stereocenters. The standard InChI is InChI=1S/C14H21NO2/c1-11-5-4-6-13(9-11)7-8-14(16)15-12(2)10-17-3/h4-6,9,12H,7-8,10H2,1-3H3,(H,15,16). The third-order valence-corrected chi connectivity index (χ3v) is 2.55. The lowest BCUT2D eigenvalue weighted by Gasteiger charge is -2.12. The fourth-order valence-corrected chi connectivity index (χ4v) is 1.76. The average Bonchev–Trinajstić information content (AvgIpc) is 2.27. The maximum absolute atomic E-state index is 11.6. The third-order valence-electron chi connectivity index (χ3n) is 2.55. The second-order valence-corrected chi connectivity index (χ2v) is 4.41. The van der Waals surface area contributed by atoms with Crippen LogP contribution in [0.25, 0.3) is 0 Å². The van der Waals surface area contributed by atoms with Crippen LogP contribution >= 0.6 is 0 Å². The molecule has 1 N–H and O–H groups in total. The van der Waals surface area contributed by atoms with Gasteiger partial charge >= 0.3 is 0 Å². The summed E-state index contributed by atoms with van der Waals surface area (Å²) >= 11 is 0. The molecule has 94 valence electrons. The Morgan fingerprint density at radius 1 is 1.47 bits per heavy atom. The van der Waals surface area contributed by atoms with Crippen LogP contribution in [0.15, 0.2) is 24.3 Å². The van der Waals surface area contributed by atoms with Crippen molar-refractivity contribution in [2.75, 3.05) is 13.7 Å². The molecule has 0 heterocycles. The molecule has 0 spiro atoms. The van der Waals surface area contributed by atoms with Gasteiger partial charge in [-0.2, -0.15) is 0 Å². The zero-order valence-corrected chi connectivity index (χ0v) is 10.8. The van der Waals surface area contributed by atoms with Gasteiger partial charge in [-0.1, -0.05) is 29.8 Å². The minimum Gasteiger partial charge on any atom is -0.383 e. The molecule has 0 fully saturated rings. The van der Waals surface area contributed by atoms with E-state index >= 15 is 0 Å². The van der Waals surface area contributed by atoms with Crippen molar-refractivity contribution in [2.45, 2.75) is 32.7 Å². The van der Waals surface area contributed by atoms with Crippen molar-refractivity contribution in [1.82, 2.24) is 5.32 Å². The van der Waals surface area contributed by atoms with E-state index < -0.39 is 0 Å². The number of carbonyl (C=O) groups excluding carboxylic acids is 1. The number of nitrogens with one attached hydrogen (secondary N) is 1. The van der Waals surface area contributed by atoms with Gasteiger partial charge in [0, 0.05) is 19.6 Å². The Balaban J connectivity index is 2.33. The minimum atomic E-state index is 0.0741. The molecule has 0 aliphatic rings. The largest absolute Gasteiger partial charge is 0.383 e. The summed E-state index contributed by atoms with van der Waals surface area (Å²) in [5.41, 5.74) is 2.44. The second kappa shape index (κ2) is 7.07. The summed E-state index contributed by atoms with van der Waals surface area (Å²) in [5, 5.41) is 2.90. The Labute approximate surface area is 103 Å². The first-order valence-corrected chi connectivity index (χ1v) is 5.95. The molecule has 0 aromatic heterocycles. The topological polar surface area (TPSA) is 38.3 Å². The van der Waals surface area contributed by atoms with Crippen molar-refractivity contribution in [2.24, 2.45) is 0 Å². The molecule has 17 heavy (non-hydrogen) atoms. The lowest BCUT2D eigenvalue weighted by molar-refractivity contribution is -0.122. The Kier molecular flexibility index (Phi) is 5.70. The Hall–Kier alpha value is -1.35. The van der Waals surface area contributed by atoms with Crippen LogP contribution in [0.2, 0.25) is 0 Å². The van der Waals surface area contributed by atoms with Gasteiger partial charge in [0.1, 0.15) is 0 Å². The van der Waals surface area contributed by atoms with Gasteiger partial charge in [-0.05, 0) is 25.8 Å². The number of aryl methyl sites for hydroxylation is 2. The van der Waals surface area contributed by atoms with Gasteiger partial charge in [0.25, 0.3) is 0 Å². The van der Waals surface area contributed by atoms with E-state index in [1.807, 2.05) is 13.0 Å². The van der Waals surface area contributed by atoms with Gasteiger partial charge in [-0.15, -0.1) is 0 Å². The molecule has 0 bridgehead atoms. The number of rotatable bonds is 6. The van der Waals surface area contributed by atoms with Gasteiger partial charge in [-0.3, -0.25) is 4.79 Å². The lowest BCUT2D eigenvalue weighted by Crippen LogP contribution is -2.35. The Morgan fingerprint density at radius 2 is 2.24 bits per heavy atom. The minimum absolute atomic E-state index is 0.0741. The fraction of sp³-hybridized carbons (Fsp3) is 0.500. The van der Waals surface area contributed by atoms with Crippen LogP contribution < -0.4 is 5.32 Å². The molecule has 0 aliphatic heterocycles. The highest BCUT2D eigenvalue weighted by molar-refractivity contribution is 5.76. The smallest absolute Gasteiger partial charge is 0.220 e. The molecule has 3 nitrogen and oxygen atoms in total. The van der Waals surface area contributed by atoms with Crippen molar-refractivity contribution >= 4 is 5.91 Å². The molecule has 1 rings (SSSR count). The van der Waals surface area contributed by atoms with Gasteiger partial charge in [0.2, 0.25) is 5.91 Å². The van der Waals surface area contributed by atoms with E-state index in [9.17, 15) is 4.79 Å². The summed E-state index contributed by atoms with van der Waals surface area (Å²) in [7, 11) is 1.63. The first kappa shape index (κ1) is 13.7. The summed E-state index contributed by atoms with van der Waals surface area (Å²) in [4.78, 5) is 11.6. The monoisotopic (exact) mass is 235 g/mol. The highest BCUT2D eigenvalue weighted by atomic mass is 16.5. The van der Waals surface area contributed by atoms with Gasteiger partial charge in [0.15, 0.2) is 0 Å². The van der Waals surface area contributed by atoms with Crippen LogP contribution in [0.3, 0.4) is 0 Å². The average molecular weight is 235 g/mol. The van der Waals surface area contributed by atoms with Crippen LogP contribution in [0, 0.1) is 6.92 Å². The van der Waals surface area contributed by atoms with E-state index in [0.717, 1.165) is 6.42 Å². The van der Waals surface area contributed by atoms with Crippen molar-refractivity contribution < 1.29 is 9.53 Å². The normalized spacial score (nSPS) is 12.2. The van der Waals surface area contributed by atoms with Crippen LogP contribution in [0.5, 0.6) is 0 Å². The van der Waals surface area contributed by atoms with Gasteiger partial charge in [0.05, 0.1) is 6.61 Å². The van der Waals surface area contributed by atoms with E-state index in [0.29, 0.717) is 13.0 Å². The predicted molar refractivity (Wildman–Crippen MR) is 69.0 cm³/mol. The number of benzene rings is 1. The number of carbonyl (C=O) groups is 1. The van der Waals surface area contributed by atoms with E-state index in [1.54, 1.807) is 7.11 Å².